The molecule has 140 valence electrons. The van der Waals surface area contributed by atoms with Gasteiger partial charge in [-0.3, -0.25) is 9.69 Å². The number of β-amino-alcohol motifs (C(OH)–C–C–N with tert-alkyl or cyclic N) is 1. The maximum absolute atomic E-state index is 12.8. The zero-order valence-corrected chi connectivity index (χ0v) is 14.3. The molecule has 1 aromatic carbocycles. The van der Waals surface area contributed by atoms with E-state index in [-0.39, 0.29) is 19.6 Å². The van der Waals surface area contributed by atoms with Crippen LogP contribution in [0.25, 0.3) is 0 Å². The number of rotatable bonds is 4. The lowest BCUT2D eigenvalue weighted by molar-refractivity contribution is -0.149. The molecule has 2 fully saturated rings. The van der Waals surface area contributed by atoms with Crippen molar-refractivity contribution in [3.05, 3.63) is 35.9 Å². The normalized spacial score (nSPS) is 25.3. The second-order valence-electron chi connectivity index (χ2n) is 6.63. The largest absolute Gasteiger partial charge is 0.480 e. The average Bonchev–Trinajstić information content (AvgIpc) is 3.27. The Hall–Kier alpha value is -2.61. The number of likely N-dealkylation sites (tertiary alicyclic amines) is 2. The predicted molar refractivity (Wildman–Crippen MR) is 90.1 cm³/mol. The molecule has 2 saturated heterocycles. The summed E-state index contributed by atoms with van der Waals surface area (Å²) >= 11 is 0. The first-order valence-corrected chi connectivity index (χ1v) is 8.66. The number of hydrogen-bond donors (Lipinski definition) is 2. The minimum absolute atomic E-state index is 0.00620. The van der Waals surface area contributed by atoms with Gasteiger partial charge in [0, 0.05) is 19.5 Å². The molecule has 0 spiro atoms. The van der Waals surface area contributed by atoms with E-state index in [2.05, 4.69) is 0 Å². The minimum Gasteiger partial charge on any atom is -0.480 e. The summed E-state index contributed by atoms with van der Waals surface area (Å²) in [5.41, 5.74) is 0.844. The maximum Gasteiger partial charge on any atom is 0.410 e. The van der Waals surface area contributed by atoms with Gasteiger partial charge in [0.15, 0.2) is 0 Å². The van der Waals surface area contributed by atoms with Gasteiger partial charge in [-0.1, -0.05) is 30.3 Å². The summed E-state index contributed by atoms with van der Waals surface area (Å²) in [6.07, 6.45) is -0.341. The van der Waals surface area contributed by atoms with Crippen molar-refractivity contribution in [3.63, 3.8) is 0 Å². The Morgan fingerprint density at radius 3 is 2.54 bits per heavy atom. The summed E-state index contributed by atoms with van der Waals surface area (Å²) in [6.45, 7) is 0.467. The van der Waals surface area contributed by atoms with Crippen molar-refractivity contribution >= 4 is 18.0 Å². The number of carbonyl (C=O) groups is 3. The third-order valence-electron chi connectivity index (χ3n) is 4.82. The number of carbonyl (C=O) groups excluding carboxylic acids is 2. The Bertz CT molecular complexity index is 680. The highest BCUT2D eigenvalue weighted by molar-refractivity contribution is 5.90. The Labute approximate surface area is 151 Å². The molecule has 2 N–H and O–H groups in total. The van der Waals surface area contributed by atoms with E-state index < -0.39 is 36.2 Å². The van der Waals surface area contributed by atoms with Crippen LogP contribution in [-0.2, 0) is 20.9 Å². The smallest absolute Gasteiger partial charge is 0.410 e. The summed E-state index contributed by atoms with van der Waals surface area (Å²) < 4.78 is 5.30. The van der Waals surface area contributed by atoms with Crippen LogP contribution >= 0.6 is 0 Å². The zero-order valence-electron chi connectivity index (χ0n) is 14.3. The van der Waals surface area contributed by atoms with E-state index in [1.54, 1.807) is 0 Å². The highest BCUT2D eigenvalue weighted by Crippen LogP contribution is 2.26. The van der Waals surface area contributed by atoms with Crippen LogP contribution in [0.3, 0.4) is 0 Å². The van der Waals surface area contributed by atoms with Crippen LogP contribution < -0.4 is 0 Å². The van der Waals surface area contributed by atoms with Crippen LogP contribution in [0.4, 0.5) is 4.79 Å². The Morgan fingerprint density at radius 2 is 1.85 bits per heavy atom. The van der Waals surface area contributed by atoms with Crippen molar-refractivity contribution in [2.75, 3.05) is 13.1 Å². The fourth-order valence-electron chi connectivity index (χ4n) is 3.53. The standard InChI is InChI=1S/C18H22N2O6/c21-13-9-15(17(23)24)20(10-13)16(22)14-7-4-8-19(14)18(25)26-11-12-5-2-1-3-6-12/h1-3,5-6,13-15,21H,4,7-11H2,(H,23,24)/t13?,14-,15-/m0/s1. The van der Waals surface area contributed by atoms with Gasteiger partial charge in [0.25, 0.3) is 0 Å². The van der Waals surface area contributed by atoms with Crippen LogP contribution in [-0.4, -0.2) is 69.3 Å². The molecule has 26 heavy (non-hydrogen) atoms. The second kappa shape index (κ2) is 7.74. The minimum atomic E-state index is -1.15. The van der Waals surface area contributed by atoms with Crippen molar-refractivity contribution < 1.29 is 29.3 Å². The van der Waals surface area contributed by atoms with E-state index in [0.29, 0.717) is 19.4 Å². The van der Waals surface area contributed by atoms with Gasteiger partial charge in [0.1, 0.15) is 18.7 Å². The molecule has 3 rings (SSSR count). The fraction of sp³-hybridized carbons (Fsp3) is 0.500. The van der Waals surface area contributed by atoms with Crippen molar-refractivity contribution in [3.8, 4) is 0 Å². The Balaban J connectivity index is 1.64. The lowest BCUT2D eigenvalue weighted by atomic mass is 10.1. The number of aliphatic hydroxyl groups excluding tert-OH is 1. The van der Waals surface area contributed by atoms with Crippen molar-refractivity contribution in [1.82, 2.24) is 9.80 Å². The summed E-state index contributed by atoms with van der Waals surface area (Å²) in [4.78, 5) is 39.1. The summed E-state index contributed by atoms with van der Waals surface area (Å²) in [6, 6.07) is 7.42. The van der Waals surface area contributed by atoms with E-state index >= 15 is 0 Å². The number of carboxylic acids is 1. The molecule has 8 heteroatoms. The van der Waals surface area contributed by atoms with Gasteiger partial charge in [-0.2, -0.15) is 0 Å². The van der Waals surface area contributed by atoms with Crippen LogP contribution in [0, 0.1) is 0 Å². The van der Waals surface area contributed by atoms with Crippen LogP contribution in [0.5, 0.6) is 0 Å². The monoisotopic (exact) mass is 362 g/mol. The molecule has 1 unspecified atom stereocenters. The van der Waals surface area contributed by atoms with Gasteiger partial charge >= 0.3 is 12.1 Å². The van der Waals surface area contributed by atoms with E-state index in [1.807, 2.05) is 30.3 Å². The predicted octanol–water partition coefficient (Wildman–Crippen LogP) is 0.834. The van der Waals surface area contributed by atoms with Gasteiger partial charge in [-0.25, -0.2) is 9.59 Å². The fourth-order valence-corrected chi connectivity index (χ4v) is 3.53. The first-order valence-electron chi connectivity index (χ1n) is 8.66. The third-order valence-corrected chi connectivity index (χ3v) is 4.82. The summed E-state index contributed by atoms with van der Waals surface area (Å²) in [7, 11) is 0. The lowest BCUT2D eigenvalue weighted by Gasteiger charge is -2.29. The highest BCUT2D eigenvalue weighted by Gasteiger charge is 2.45. The van der Waals surface area contributed by atoms with E-state index in [0.717, 1.165) is 5.56 Å². The first kappa shape index (κ1) is 18.2. The number of hydrogen-bond acceptors (Lipinski definition) is 5. The van der Waals surface area contributed by atoms with E-state index in [4.69, 9.17) is 4.74 Å². The number of benzene rings is 1. The zero-order chi connectivity index (χ0) is 18.7. The molecule has 2 aliphatic heterocycles. The highest BCUT2D eigenvalue weighted by atomic mass is 16.6. The number of amides is 2. The quantitative estimate of drug-likeness (QED) is 0.822. The molecule has 3 atom stereocenters. The lowest BCUT2D eigenvalue weighted by Crippen LogP contribution is -2.51. The second-order valence-corrected chi connectivity index (χ2v) is 6.63. The van der Waals surface area contributed by atoms with Crippen LogP contribution in [0.15, 0.2) is 30.3 Å². The van der Waals surface area contributed by atoms with Crippen molar-refractivity contribution in [1.29, 1.82) is 0 Å². The molecule has 8 nitrogen and oxygen atoms in total. The van der Waals surface area contributed by atoms with Gasteiger partial charge in [-0.15, -0.1) is 0 Å². The molecule has 2 heterocycles. The molecule has 2 aliphatic rings. The van der Waals surface area contributed by atoms with Gasteiger partial charge in [0.2, 0.25) is 5.91 Å². The number of carboxylic acid groups (broad SMARTS) is 1. The summed E-state index contributed by atoms with van der Waals surface area (Å²) in [5.74, 6) is -1.59. The Morgan fingerprint density at radius 1 is 1.12 bits per heavy atom. The number of ether oxygens (including phenoxy) is 1. The molecule has 0 aliphatic carbocycles. The van der Waals surface area contributed by atoms with Crippen LogP contribution in [0.2, 0.25) is 0 Å². The molecule has 0 aromatic heterocycles. The van der Waals surface area contributed by atoms with E-state index in [9.17, 15) is 24.6 Å². The van der Waals surface area contributed by atoms with Crippen LogP contribution in [0.1, 0.15) is 24.8 Å². The average molecular weight is 362 g/mol. The van der Waals surface area contributed by atoms with Crippen molar-refractivity contribution in [2.24, 2.45) is 0 Å². The molecule has 1 aromatic rings. The van der Waals surface area contributed by atoms with Gasteiger partial charge < -0.3 is 19.8 Å². The topological polar surface area (TPSA) is 107 Å². The molecular formula is C18H22N2O6. The molecule has 0 bridgehead atoms. The molecule has 2 amide bonds. The number of nitrogens with zero attached hydrogens (tertiary/aromatic N) is 2. The SMILES string of the molecule is O=C(O)[C@@H]1CC(O)CN1C(=O)[C@@H]1CCCN1C(=O)OCc1ccccc1. The number of aliphatic hydroxyl groups is 1. The third kappa shape index (κ3) is 3.80. The van der Waals surface area contributed by atoms with Crippen molar-refractivity contribution in [2.45, 2.75) is 44.1 Å². The maximum atomic E-state index is 12.8. The summed E-state index contributed by atoms with van der Waals surface area (Å²) in [5, 5.41) is 19.0. The van der Waals surface area contributed by atoms with Gasteiger partial charge in [0.05, 0.1) is 6.10 Å². The molecular weight excluding hydrogens is 340 g/mol. The first-order chi connectivity index (χ1) is 12.5. The Kier molecular flexibility index (Phi) is 5.41. The van der Waals surface area contributed by atoms with E-state index in [1.165, 1.54) is 9.80 Å². The number of aliphatic carboxylic acids is 1. The molecule has 0 saturated carbocycles. The molecule has 0 radical (unpaired) electrons. The van der Waals surface area contributed by atoms with Gasteiger partial charge in [-0.05, 0) is 18.4 Å².